The van der Waals surface area contributed by atoms with Crippen LogP contribution in [0.1, 0.15) is 11.1 Å². The van der Waals surface area contributed by atoms with Crippen LogP contribution in [0.25, 0.3) is 0 Å². The molecule has 0 unspecified atom stereocenters. The van der Waals surface area contributed by atoms with Crippen molar-refractivity contribution in [1.29, 1.82) is 0 Å². The largest absolute Gasteiger partial charge is 0.361 e. The third kappa shape index (κ3) is 9.23. The van der Waals surface area contributed by atoms with Gasteiger partial charge < -0.3 is 10.6 Å². The first-order chi connectivity index (χ1) is 16.3. The molecule has 0 atom stereocenters. The molecule has 2 N–H and O–H groups in total. The molecule has 0 fully saturated rings. The number of allylic oxidation sites excluding steroid dienone is 10. The molecular formula is C28H24Cl2CoN2O2. The predicted molar refractivity (Wildman–Crippen MR) is 142 cm³/mol. The fourth-order valence-electron chi connectivity index (χ4n) is 2.89. The predicted octanol–water partition coefficient (Wildman–Crippen LogP) is 7.10. The summed E-state index contributed by atoms with van der Waals surface area (Å²) < 4.78 is 0. The second-order valence-electron chi connectivity index (χ2n) is 7.67. The smallest absolute Gasteiger partial charge is 0.187 e. The van der Waals surface area contributed by atoms with Crippen LogP contribution in [0.3, 0.4) is 0 Å². The van der Waals surface area contributed by atoms with Crippen molar-refractivity contribution in [2.75, 3.05) is 10.6 Å². The minimum absolute atomic E-state index is 0. The molecule has 7 heteroatoms. The van der Waals surface area contributed by atoms with E-state index in [4.69, 9.17) is 23.2 Å². The Bertz CT molecular complexity index is 1150. The molecule has 0 spiro atoms. The molecular weight excluding hydrogens is 526 g/mol. The van der Waals surface area contributed by atoms with Gasteiger partial charge in [0, 0.05) is 61.8 Å². The van der Waals surface area contributed by atoms with Gasteiger partial charge in [-0.1, -0.05) is 58.6 Å². The van der Waals surface area contributed by atoms with Crippen molar-refractivity contribution in [3.63, 3.8) is 0 Å². The molecule has 4 rings (SSSR count). The Hall–Kier alpha value is -3.09. The maximum atomic E-state index is 11.5. The molecule has 0 heterocycles. The number of carbonyl (C=O) groups excluding carboxylic acids is 2. The number of hydrogen-bond donors (Lipinski definition) is 2. The number of carbonyl (C=O) groups is 2. The van der Waals surface area contributed by atoms with Crippen LogP contribution in [0.2, 0.25) is 0 Å². The summed E-state index contributed by atoms with van der Waals surface area (Å²) in [4.78, 5) is 23.0. The maximum absolute atomic E-state index is 11.5. The Balaban J connectivity index is 0.000000240. The molecule has 2 aromatic rings. The molecule has 2 aromatic carbocycles. The number of ketones is 2. The summed E-state index contributed by atoms with van der Waals surface area (Å²) in [7, 11) is 0. The number of rotatable bonds is 4. The van der Waals surface area contributed by atoms with Crippen molar-refractivity contribution in [2.45, 2.75) is 13.8 Å². The van der Waals surface area contributed by atoms with Gasteiger partial charge in [0.05, 0.1) is 0 Å². The van der Waals surface area contributed by atoms with E-state index in [0.717, 1.165) is 11.4 Å². The molecule has 0 saturated heterocycles. The quantitative estimate of drug-likeness (QED) is 0.399. The Kier molecular flexibility index (Phi) is 11.0. The third-order valence-corrected chi connectivity index (χ3v) is 5.31. The van der Waals surface area contributed by atoms with Gasteiger partial charge in [-0.2, -0.15) is 0 Å². The number of benzene rings is 2. The summed E-state index contributed by atoms with van der Waals surface area (Å²) in [5.74, 6) is -0.0944. The molecule has 1 radical (unpaired) electrons. The zero-order valence-electron chi connectivity index (χ0n) is 19.1. The maximum Gasteiger partial charge on any atom is 0.187 e. The minimum Gasteiger partial charge on any atom is -0.361 e. The molecule has 2 aliphatic rings. The van der Waals surface area contributed by atoms with Crippen molar-refractivity contribution >= 4 is 46.1 Å². The van der Waals surface area contributed by atoms with Gasteiger partial charge >= 0.3 is 0 Å². The van der Waals surface area contributed by atoms with Gasteiger partial charge in [0.25, 0.3) is 0 Å². The van der Waals surface area contributed by atoms with Crippen LogP contribution < -0.4 is 10.6 Å². The van der Waals surface area contributed by atoms with E-state index in [1.54, 1.807) is 36.7 Å². The first-order valence-corrected chi connectivity index (χ1v) is 11.3. The van der Waals surface area contributed by atoms with E-state index in [9.17, 15) is 9.59 Å². The van der Waals surface area contributed by atoms with E-state index in [-0.39, 0.29) is 28.3 Å². The zero-order valence-corrected chi connectivity index (χ0v) is 21.7. The first-order valence-electron chi connectivity index (χ1n) is 10.6. The Morgan fingerprint density at radius 2 is 0.943 bits per heavy atom. The summed E-state index contributed by atoms with van der Waals surface area (Å²) in [6.07, 6.45) is 12.7. The number of hydrogen-bond acceptors (Lipinski definition) is 4. The van der Waals surface area contributed by atoms with Crippen LogP contribution in [-0.2, 0) is 26.4 Å². The summed E-state index contributed by atoms with van der Waals surface area (Å²) in [5, 5.41) is 7.26. The van der Waals surface area contributed by atoms with Gasteiger partial charge in [-0.05, 0) is 74.6 Å². The fourth-order valence-corrected chi connectivity index (χ4v) is 3.25. The van der Waals surface area contributed by atoms with Crippen LogP contribution in [0.4, 0.5) is 11.4 Å². The minimum atomic E-state index is -0.0472. The van der Waals surface area contributed by atoms with Gasteiger partial charge in [-0.15, -0.1) is 0 Å². The molecule has 35 heavy (non-hydrogen) atoms. The molecule has 0 bridgehead atoms. The van der Waals surface area contributed by atoms with Gasteiger partial charge in [-0.3, -0.25) is 9.59 Å². The van der Waals surface area contributed by atoms with E-state index >= 15 is 0 Å². The van der Waals surface area contributed by atoms with Crippen LogP contribution in [0.5, 0.6) is 0 Å². The number of nitrogens with one attached hydrogen (secondary N) is 2. The summed E-state index contributed by atoms with van der Waals surface area (Å²) in [6, 6.07) is 15.9. The van der Waals surface area contributed by atoms with Crippen LogP contribution in [0.15, 0.2) is 119 Å². The molecule has 181 valence electrons. The van der Waals surface area contributed by atoms with Gasteiger partial charge in [0.2, 0.25) is 0 Å². The topological polar surface area (TPSA) is 58.2 Å². The van der Waals surface area contributed by atoms with Gasteiger partial charge in [-0.25, -0.2) is 0 Å². The van der Waals surface area contributed by atoms with Crippen LogP contribution in [-0.4, -0.2) is 11.6 Å². The fraction of sp³-hybridized carbons (Fsp3) is 0.0714. The molecule has 2 aliphatic carbocycles. The Labute approximate surface area is 226 Å². The standard InChI is InChI=1S/2C14H12ClNO.Co/c2*1-10-2-5-13(6-3-10)16-9-11-8-12(15)4-7-14(11)17;/h2*2-9,16H,1H3;/b2*11-9-;. The Morgan fingerprint density at radius 3 is 1.29 bits per heavy atom. The SMILES string of the molecule is Cc1ccc(N/C=C2/C=C(Cl)C=CC2=O)cc1.Cc1ccc(N/C=C2/C=C(Cl)C=CC2=O)cc1.[Co]. The van der Waals surface area contributed by atoms with Crippen LogP contribution >= 0.6 is 23.2 Å². The summed E-state index contributed by atoms with van der Waals surface area (Å²) >= 11 is 11.7. The summed E-state index contributed by atoms with van der Waals surface area (Å²) in [5.41, 5.74) is 5.38. The average molecular weight is 550 g/mol. The van der Waals surface area contributed by atoms with Crippen molar-refractivity contribution in [2.24, 2.45) is 0 Å². The van der Waals surface area contributed by atoms with Gasteiger partial charge in [0.15, 0.2) is 11.6 Å². The molecule has 4 nitrogen and oxygen atoms in total. The molecule has 0 saturated carbocycles. The molecule has 0 aromatic heterocycles. The van der Waals surface area contributed by atoms with E-state index in [1.165, 1.54) is 23.3 Å². The van der Waals surface area contributed by atoms with E-state index in [1.807, 2.05) is 62.4 Å². The number of aryl methyl sites for hydroxylation is 2. The third-order valence-electron chi connectivity index (χ3n) is 4.84. The van der Waals surface area contributed by atoms with E-state index < -0.39 is 0 Å². The van der Waals surface area contributed by atoms with E-state index in [2.05, 4.69) is 10.6 Å². The summed E-state index contributed by atoms with van der Waals surface area (Å²) in [6.45, 7) is 4.06. The second-order valence-corrected chi connectivity index (χ2v) is 8.55. The number of halogens is 2. The van der Waals surface area contributed by atoms with E-state index in [0.29, 0.717) is 21.2 Å². The second kappa shape index (κ2) is 13.7. The van der Waals surface area contributed by atoms with Crippen molar-refractivity contribution in [3.05, 3.63) is 130 Å². The first kappa shape index (κ1) is 28.1. The average Bonchev–Trinajstić information content (AvgIpc) is 2.83. The van der Waals surface area contributed by atoms with Crippen molar-refractivity contribution in [3.8, 4) is 0 Å². The van der Waals surface area contributed by atoms with Crippen molar-refractivity contribution in [1.82, 2.24) is 0 Å². The Morgan fingerprint density at radius 1 is 0.600 bits per heavy atom. The van der Waals surface area contributed by atoms with Gasteiger partial charge in [0.1, 0.15) is 0 Å². The molecule has 0 aliphatic heterocycles. The number of anilines is 2. The monoisotopic (exact) mass is 549 g/mol. The van der Waals surface area contributed by atoms with Crippen LogP contribution in [0, 0.1) is 13.8 Å². The van der Waals surface area contributed by atoms with Crippen molar-refractivity contribution < 1.29 is 26.4 Å². The normalized spacial score (nSPS) is 16.7. The zero-order chi connectivity index (χ0) is 24.5. The molecule has 0 amide bonds.